The predicted octanol–water partition coefficient (Wildman–Crippen LogP) is 4.90. The largest absolute Gasteiger partial charge is 0.488 e. The molecule has 1 aliphatic rings. The lowest BCUT2D eigenvalue weighted by molar-refractivity contribution is 0.0697. The van der Waals surface area contributed by atoms with Gasteiger partial charge in [-0.2, -0.15) is 0 Å². The summed E-state index contributed by atoms with van der Waals surface area (Å²) in [5, 5.41) is 10.3. The Labute approximate surface area is 161 Å². The molecule has 1 aromatic heterocycles. The maximum absolute atomic E-state index is 11.5. The lowest BCUT2D eigenvalue weighted by Crippen LogP contribution is -1.99. The third-order valence-electron chi connectivity index (χ3n) is 4.36. The van der Waals surface area contributed by atoms with Crippen molar-refractivity contribution in [2.45, 2.75) is 11.6 Å². The zero-order valence-electron chi connectivity index (χ0n) is 14.5. The Morgan fingerprint density at radius 3 is 2.78 bits per heavy atom. The van der Waals surface area contributed by atoms with Crippen molar-refractivity contribution >= 4 is 23.3 Å². The van der Waals surface area contributed by atoms with E-state index in [9.17, 15) is 9.90 Å². The number of aromatic nitrogens is 1. The summed E-state index contributed by atoms with van der Waals surface area (Å²) < 4.78 is 5.95. The van der Waals surface area contributed by atoms with E-state index in [-0.39, 0.29) is 5.56 Å². The molecule has 0 fully saturated rings. The van der Waals surface area contributed by atoms with Gasteiger partial charge in [0.1, 0.15) is 12.4 Å². The molecule has 0 amide bonds. The van der Waals surface area contributed by atoms with Crippen LogP contribution in [0, 0.1) is 0 Å². The minimum absolute atomic E-state index is 0.250. The summed E-state index contributed by atoms with van der Waals surface area (Å²) in [5.74, 6) is 0.472. The van der Waals surface area contributed by atoms with Crippen molar-refractivity contribution in [3.05, 3.63) is 95.2 Å². The minimum atomic E-state index is -0.947. The third kappa shape index (κ3) is 3.73. The number of hydrogen-bond acceptors (Lipinski definition) is 4. The molecule has 4 nitrogen and oxygen atoms in total. The average Bonchev–Trinajstić information content (AvgIpc) is 2.86. The summed E-state index contributed by atoms with van der Waals surface area (Å²) >= 11 is 1.64. The Morgan fingerprint density at radius 2 is 1.96 bits per heavy atom. The van der Waals surface area contributed by atoms with E-state index in [1.165, 1.54) is 0 Å². The van der Waals surface area contributed by atoms with E-state index in [1.807, 2.05) is 36.4 Å². The van der Waals surface area contributed by atoms with Crippen LogP contribution in [0.4, 0.5) is 0 Å². The fraction of sp³-hybridized carbons (Fsp3) is 0.0909. The van der Waals surface area contributed by atoms with Crippen molar-refractivity contribution in [1.82, 2.24) is 4.98 Å². The minimum Gasteiger partial charge on any atom is -0.488 e. The summed E-state index contributed by atoms with van der Waals surface area (Å²) in [7, 11) is 0. The van der Waals surface area contributed by atoms with E-state index >= 15 is 0 Å². The second kappa shape index (κ2) is 7.68. The highest BCUT2D eigenvalue weighted by Crippen LogP contribution is 2.37. The molecule has 0 saturated carbocycles. The van der Waals surface area contributed by atoms with Crippen LogP contribution in [0.15, 0.2) is 78.0 Å². The molecule has 0 aliphatic carbocycles. The second-order valence-electron chi connectivity index (χ2n) is 6.06. The molecule has 2 aromatic carbocycles. The molecule has 1 aliphatic heterocycles. The number of nitrogens with zero attached hydrogens (tertiary/aromatic N) is 1. The molecule has 5 heteroatoms. The molecule has 0 radical (unpaired) electrons. The van der Waals surface area contributed by atoms with Crippen molar-refractivity contribution in [3.63, 3.8) is 0 Å². The fourth-order valence-electron chi connectivity index (χ4n) is 3.07. The number of carboxylic acids is 1. The van der Waals surface area contributed by atoms with E-state index in [2.05, 4.69) is 17.1 Å². The van der Waals surface area contributed by atoms with Crippen LogP contribution in [0.1, 0.15) is 27.0 Å². The topological polar surface area (TPSA) is 59.4 Å². The molecule has 0 atom stereocenters. The number of carboxylic acid groups (broad SMARTS) is 1. The second-order valence-corrected chi connectivity index (χ2v) is 7.10. The zero-order chi connectivity index (χ0) is 18.6. The standard InChI is InChI=1S/C22H17NO3S/c24-22(25)15-8-9-20-19(13-15)18(10-12-27-21-7-3-4-11-23-21)17-6-2-1-5-16(17)14-26-20/h1-11,13H,12,14H2,(H,24,25). The Hall–Kier alpha value is -3.05. The fourth-order valence-corrected chi connectivity index (χ4v) is 3.80. The summed E-state index contributed by atoms with van der Waals surface area (Å²) in [5.41, 5.74) is 4.20. The Balaban J connectivity index is 1.77. The highest BCUT2D eigenvalue weighted by atomic mass is 32.2. The van der Waals surface area contributed by atoms with Gasteiger partial charge in [0, 0.05) is 17.5 Å². The highest BCUT2D eigenvalue weighted by molar-refractivity contribution is 7.99. The van der Waals surface area contributed by atoms with Crippen LogP contribution < -0.4 is 4.74 Å². The van der Waals surface area contributed by atoms with Crippen LogP contribution >= 0.6 is 11.8 Å². The normalized spacial score (nSPS) is 14.0. The Morgan fingerprint density at radius 1 is 1.11 bits per heavy atom. The van der Waals surface area contributed by atoms with Gasteiger partial charge < -0.3 is 9.84 Å². The van der Waals surface area contributed by atoms with Gasteiger partial charge in [0.05, 0.1) is 10.6 Å². The van der Waals surface area contributed by atoms with E-state index < -0.39 is 5.97 Å². The summed E-state index contributed by atoms with van der Waals surface area (Å²) in [6.07, 6.45) is 3.90. The van der Waals surface area contributed by atoms with Crippen molar-refractivity contribution in [2.24, 2.45) is 0 Å². The van der Waals surface area contributed by atoms with Crippen molar-refractivity contribution < 1.29 is 14.6 Å². The molecule has 134 valence electrons. The van der Waals surface area contributed by atoms with Gasteiger partial charge in [-0.3, -0.25) is 0 Å². The van der Waals surface area contributed by atoms with E-state index in [1.54, 1.807) is 36.2 Å². The number of pyridine rings is 1. The van der Waals surface area contributed by atoms with Gasteiger partial charge in [0.25, 0.3) is 0 Å². The first-order chi connectivity index (χ1) is 13.2. The maximum Gasteiger partial charge on any atom is 0.335 e. The monoisotopic (exact) mass is 375 g/mol. The number of benzene rings is 2. The molecular formula is C22H17NO3S. The van der Waals surface area contributed by atoms with Crippen LogP contribution in [0.3, 0.4) is 0 Å². The quantitative estimate of drug-likeness (QED) is 0.658. The number of thioether (sulfide) groups is 1. The summed E-state index contributed by atoms with van der Waals surface area (Å²) in [6, 6.07) is 18.9. The summed E-state index contributed by atoms with van der Waals surface area (Å²) in [4.78, 5) is 15.8. The molecular weight excluding hydrogens is 358 g/mol. The lowest BCUT2D eigenvalue weighted by atomic mass is 9.93. The summed E-state index contributed by atoms with van der Waals surface area (Å²) in [6.45, 7) is 0.459. The number of hydrogen-bond donors (Lipinski definition) is 1. The van der Waals surface area contributed by atoms with Crippen LogP contribution in [-0.4, -0.2) is 21.8 Å². The molecule has 0 unspecified atom stereocenters. The van der Waals surface area contributed by atoms with Crippen molar-refractivity contribution in [3.8, 4) is 5.75 Å². The van der Waals surface area contributed by atoms with Crippen LogP contribution in [0.25, 0.3) is 5.57 Å². The van der Waals surface area contributed by atoms with Crippen LogP contribution in [-0.2, 0) is 6.61 Å². The van der Waals surface area contributed by atoms with Crippen molar-refractivity contribution in [2.75, 3.05) is 5.75 Å². The first-order valence-corrected chi connectivity index (χ1v) is 9.54. The molecule has 4 rings (SSSR count). The third-order valence-corrected chi connectivity index (χ3v) is 5.23. The van der Waals surface area contributed by atoms with Gasteiger partial charge in [-0.05, 0) is 47.0 Å². The molecule has 2 heterocycles. The first kappa shape index (κ1) is 17.4. The van der Waals surface area contributed by atoms with Crippen LogP contribution in [0.5, 0.6) is 5.75 Å². The molecule has 1 N–H and O–H groups in total. The molecule has 0 saturated heterocycles. The van der Waals surface area contributed by atoms with Gasteiger partial charge in [0.15, 0.2) is 0 Å². The highest BCUT2D eigenvalue weighted by Gasteiger charge is 2.20. The number of carbonyl (C=O) groups is 1. The number of aromatic carboxylic acids is 1. The zero-order valence-corrected chi connectivity index (χ0v) is 15.3. The first-order valence-electron chi connectivity index (χ1n) is 8.55. The van der Waals surface area contributed by atoms with Gasteiger partial charge in [-0.15, -0.1) is 11.8 Å². The van der Waals surface area contributed by atoms with Gasteiger partial charge >= 0.3 is 5.97 Å². The lowest BCUT2D eigenvalue weighted by Gasteiger charge is -2.11. The Kier molecular flexibility index (Phi) is 4.94. The van der Waals surface area contributed by atoms with E-state index in [0.717, 1.165) is 33.0 Å². The van der Waals surface area contributed by atoms with Gasteiger partial charge in [-0.25, -0.2) is 9.78 Å². The van der Waals surface area contributed by atoms with Gasteiger partial charge in [-0.1, -0.05) is 36.4 Å². The maximum atomic E-state index is 11.5. The number of ether oxygens (including phenoxy) is 1. The predicted molar refractivity (Wildman–Crippen MR) is 106 cm³/mol. The number of rotatable bonds is 4. The average molecular weight is 375 g/mol. The van der Waals surface area contributed by atoms with Gasteiger partial charge in [0.2, 0.25) is 0 Å². The number of fused-ring (bicyclic) bond motifs is 2. The SMILES string of the molecule is O=C(O)c1ccc2c(c1)C(=CCSc1ccccn1)c1ccccc1CO2. The molecule has 27 heavy (non-hydrogen) atoms. The molecule has 3 aromatic rings. The Bertz CT molecular complexity index is 1020. The molecule has 0 bridgehead atoms. The van der Waals surface area contributed by atoms with E-state index in [4.69, 9.17) is 4.74 Å². The van der Waals surface area contributed by atoms with Crippen LogP contribution in [0.2, 0.25) is 0 Å². The molecule has 0 spiro atoms. The van der Waals surface area contributed by atoms with E-state index in [0.29, 0.717) is 12.4 Å². The smallest absolute Gasteiger partial charge is 0.335 e. The van der Waals surface area contributed by atoms with Crippen molar-refractivity contribution in [1.29, 1.82) is 0 Å².